The Kier molecular flexibility index (Phi) is 1.93. The van der Waals surface area contributed by atoms with Crippen LogP contribution in [0.3, 0.4) is 0 Å². The second-order valence-electron chi connectivity index (χ2n) is 3.04. The number of cyclic esters (lactones) is 1. The van der Waals surface area contributed by atoms with Crippen LogP contribution < -0.4 is 0 Å². The van der Waals surface area contributed by atoms with Gasteiger partial charge in [-0.3, -0.25) is 4.79 Å². The predicted octanol–water partition coefficient (Wildman–Crippen LogP) is 1.54. The van der Waals surface area contributed by atoms with E-state index in [2.05, 4.69) is 0 Å². The Balaban J connectivity index is 2.47. The van der Waals surface area contributed by atoms with E-state index in [1.165, 1.54) is 0 Å². The first-order chi connectivity index (χ1) is 6.70. The molecule has 1 aromatic carbocycles. The Labute approximate surface area is 81.0 Å². The Morgan fingerprint density at radius 3 is 2.21 bits per heavy atom. The van der Waals surface area contributed by atoms with Crippen molar-refractivity contribution in [3.8, 4) is 0 Å². The summed E-state index contributed by atoms with van der Waals surface area (Å²) in [7, 11) is 0. The Bertz CT molecular complexity index is 429. The number of Topliss-reactive ketones (excluding diaryl/α,β-unsaturated/α-hetero) is 1. The van der Waals surface area contributed by atoms with Gasteiger partial charge in [-0.25, -0.2) is 4.79 Å². The second kappa shape index (κ2) is 3.10. The highest BCUT2D eigenvalue weighted by Gasteiger charge is 2.31. The molecule has 1 aliphatic rings. The van der Waals surface area contributed by atoms with Crippen molar-refractivity contribution < 1.29 is 14.3 Å². The van der Waals surface area contributed by atoms with Crippen LogP contribution in [0.1, 0.15) is 12.5 Å². The van der Waals surface area contributed by atoms with Gasteiger partial charge in [0.05, 0.1) is 0 Å². The van der Waals surface area contributed by atoms with Crippen LogP contribution >= 0.6 is 0 Å². The highest BCUT2D eigenvalue weighted by molar-refractivity contribution is 6.45. The summed E-state index contributed by atoms with van der Waals surface area (Å²) in [5.74, 6) is -0.967. The van der Waals surface area contributed by atoms with E-state index in [1.54, 1.807) is 19.1 Å². The molecular formula is C11H8O3. The van der Waals surface area contributed by atoms with Gasteiger partial charge in [-0.15, -0.1) is 0 Å². The summed E-state index contributed by atoms with van der Waals surface area (Å²) < 4.78 is 4.86. The summed E-state index contributed by atoms with van der Waals surface area (Å²) in [4.78, 5) is 22.1. The van der Waals surface area contributed by atoms with Crippen molar-refractivity contribution in [2.45, 2.75) is 6.92 Å². The first-order valence-corrected chi connectivity index (χ1v) is 4.23. The van der Waals surface area contributed by atoms with E-state index in [0.29, 0.717) is 11.3 Å². The van der Waals surface area contributed by atoms with Gasteiger partial charge in [-0.05, 0) is 6.92 Å². The molecule has 0 fully saturated rings. The van der Waals surface area contributed by atoms with E-state index in [-0.39, 0.29) is 0 Å². The van der Waals surface area contributed by atoms with Gasteiger partial charge in [0.1, 0.15) is 5.76 Å². The van der Waals surface area contributed by atoms with Crippen LogP contribution in [0.2, 0.25) is 0 Å². The summed E-state index contributed by atoms with van der Waals surface area (Å²) in [6.07, 6.45) is 0. The Hall–Kier alpha value is -1.90. The third kappa shape index (κ3) is 1.23. The largest absolute Gasteiger partial charge is 0.419 e. The van der Waals surface area contributed by atoms with Crippen molar-refractivity contribution >= 4 is 17.5 Å². The van der Waals surface area contributed by atoms with Crippen LogP contribution in [0.5, 0.6) is 0 Å². The molecule has 1 heterocycles. The highest BCUT2D eigenvalue weighted by atomic mass is 16.5. The van der Waals surface area contributed by atoms with Crippen molar-refractivity contribution in [1.29, 1.82) is 0 Å². The molecule has 3 nitrogen and oxygen atoms in total. The molecule has 0 unspecified atom stereocenters. The third-order valence-electron chi connectivity index (χ3n) is 2.10. The van der Waals surface area contributed by atoms with E-state index in [1.807, 2.05) is 18.2 Å². The number of carbonyl (C=O) groups is 2. The van der Waals surface area contributed by atoms with Gasteiger partial charge < -0.3 is 4.74 Å². The maximum atomic E-state index is 11.2. The minimum Gasteiger partial charge on any atom is -0.419 e. The fourth-order valence-corrected chi connectivity index (χ4v) is 1.34. The molecule has 0 N–H and O–H groups in total. The molecule has 0 amide bonds. The summed E-state index contributed by atoms with van der Waals surface area (Å²) in [5.41, 5.74) is 1.13. The van der Waals surface area contributed by atoms with Gasteiger partial charge >= 0.3 is 5.97 Å². The number of hydrogen-bond acceptors (Lipinski definition) is 3. The summed E-state index contributed by atoms with van der Waals surface area (Å²) >= 11 is 0. The van der Waals surface area contributed by atoms with Crippen LogP contribution in [0, 0.1) is 0 Å². The average Bonchev–Trinajstić information content (AvgIpc) is 2.47. The van der Waals surface area contributed by atoms with E-state index >= 15 is 0 Å². The SMILES string of the molecule is CC1=C(c2ccccc2)OC(=O)C1=O. The van der Waals surface area contributed by atoms with E-state index in [0.717, 1.165) is 5.56 Å². The number of ether oxygens (including phenoxy) is 1. The van der Waals surface area contributed by atoms with Gasteiger partial charge in [0, 0.05) is 11.1 Å². The number of carbonyl (C=O) groups excluding carboxylic acids is 2. The number of benzene rings is 1. The monoisotopic (exact) mass is 188 g/mol. The molecule has 0 atom stereocenters. The number of hydrogen-bond donors (Lipinski definition) is 0. The molecule has 3 heteroatoms. The molecule has 14 heavy (non-hydrogen) atoms. The number of ketones is 1. The zero-order chi connectivity index (χ0) is 10.1. The molecule has 0 saturated heterocycles. The maximum Gasteiger partial charge on any atom is 0.384 e. The first kappa shape index (κ1) is 8.69. The zero-order valence-corrected chi connectivity index (χ0v) is 7.61. The molecule has 1 aromatic rings. The summed E-state index contributed by atoms with van der Waals surface area (Å²) in [6.45, 7) is 1.59. The van der Waals surface area contributed by atoms with Crippen molar-refractivity contribution in [3.05, 3.63) is 41.5 Å². The second-order valence-corrected chi connectivity index (χ2v) is 3.04. The normalized spacial score (nSPS) is 16.1. The third-order valence-corrected chi connectivity index (χ3v) is 2.10. The minimum absolute atomic E-state index is 0.376. The number of esters is 1. The van der Waals surface area contributed by atoms with Crippen LogP contribution in [-0.4, -0.2) is 11.8 Å². The Morgan fingerprint density at radius 2 is 1.71 bits per heavy atom. The Morgan fingerprint density at radius 1 is 1.07 bits per heavy atom. The lowest BCUT2D eigenvalue weighted by atomic mass is 10.1. The van der Waals surface area contributed by atoms with E-state index in [4.69, 9.17) is 4.74 Å². The van der Waals surface area contributed by atoms with Crippen LogP contribution in [0.25, 0.3) is 5.76 Å². The molecule has 2 rings (SSSR count). The van der Waals surface area contributed by atoms with Gasteiger partial charge in [0.25, 0.3) is 5.78 Å². The smallest absolute Gasteiger partial charge is 0.384 e. The minimum atomic E-state index is -0.790. The van der Waals surface area contributed by atoms with Crippen molar-refractivity contribution in [2.24, 2.45) is 0 Å². The first-order valence-electron chi connectivity index (χ1n) is 4.23. The van der Waals surface area contributed by atoms with Crippen LogP contribution in [0.15, 0.2) is 35.9 Å². The molecule has 0 saturated carbocycles. The van der Waals surface area contributed by atoms with Gasteiger partial charge in [-0.1, -0.05) is 30.3 Å². The molecule has 0 spiro atoms. The zero-order valence-electron chi connectivity index (χ0n) is 7.61. The molecule has 0 aromatic heterocycles. The molecule has 0 bridgehead atoms. The van der Waals surface area contributed by atoms with Crippen LogP contribution in [0.4, 0.5) is 0 Å². The summed E-state index contributed by atoms with van der Waals surface area (Å²) in [6, 6.07) is 9.10. The average molecular weight is 188 g/mol. The molecule has 1 aliphatic heterocycles. The standard InChI is InChI=1S/C11H8O3/c1-7-9(12)11(13)14-10(7)8-5-3-2-4-6-8/h2-6H,1H3. The maximum absolute atomic E-state index is 11.2. The van der Waals surface area contributed by atoms with E-state index in [9.17, 15) is 9.59 Å². The quantitative estimate of drug-likeness (QED) is 0.496. The van der Waals surface area contributed by atoms with E-state index < -0.39 is 11.8 Å². The lowest BCUT2D eigenvalue weighted by Crippen LogP contribution is -2.07. The van der Waals surface area contributed by atoms with Crippen molar-refractivity contribution in [1.82, 2.24) is 0 Å². The van der Waals surface area contributed by atoms with Gasteiger partial charge in [0.15, 0.2) is 0 Å². The predicted molar refractivity (Wildman–Crippen MR) is 50.1 cm³/mol. The van der Waals surface area contributed by atoms with Gasteiger partial charge in [-0.2, -0.15) is 0 Å². The van der Waals surface area contributed by atoms with Crippen LogP contribution in [-0.2, 0) is 14.3 Å². The summed E-state index contributed by atoms with van der Waals surface area (Å²) in [5, 5.41) is 0. The van der Waals surface area contributed by atoms with Crippen molar-refractivity contribution in [3.63, 3.8) is 0 Å². The number of rotatable bonds is 1. The highest BCUT2D eigenvalue weighted by Crippen LogP contribution is 2.26. The lowest BCUT2D eigenvalue weighted by Gasteiger charge is -2.00. The molecular weight excluding hydrogens is 180 g/mol. The fourth-order valence-electron chi connectivity index (χ4n) is 1.34. The van der Waals surface area contributed by atoms with Crippen molar-refractivity contribution in [2.75, 3.05) is 0 Å². The fraction of sp³-hybridized carbons (Fsp3) is 0.0909. The lowest BCUT2D eigenvalue weighted by molar-refractivity contribution is -0.144. The molecule has 0 radical (unpaired) electrons. The topological polar surface area (TPSA) is 43.4 Å². The van der Waals surface area contributed by atoms with Gasteiger partial charge in [0.2, 0.25) is 0 Å². The molecule has 70 valence electrons. The molecule has 0 aliphatic carbocycles.